The van der Waals surface area contributed by atoms with Gasteiger partial charge in [-0.25, -0.2) is 0 Å². The molecule has 1 aromatic heterocycles. The minimum atomic E-state index is -0.0525. The summed E-state index contributed by atoms with van der Waals surface area (Å²) in [6.45, 7) is 0. The van der Waals surface area contributed by atoms with Crippen molar-refractivity contribution in [3.05, 3.63) is 30.1 Å². The van der Waals surface area contributed by atoms with Gasteiger partial charge in [-0.1, -0.05) is 12.5 Å². The van der Waals surface area contributed by atoms with Crippen molar-refractivity contribution in [3.8, 4) is 0 Å². The van der Waals surface area contributed by atoms with Crippen LogP contribution in [0.4, 0.5) is 0 Å². The molecule has 2 rings (SSSR count). The van der Waals surface area contributed by atoms with Crippen molar-refractivity contribution in [1.29, 1.82) is 0 Å². The predicted octanol–water partition coefficient (Wildman–Crippen LogP) is 1.99. The van der Waals surface area contributed by atoms with Crippen molar-refractivity contribution < 1.29 is 4.79 Å². The second-order valence-electron chi connectivity index (χ2n) is 3.87. The Labute approximate surface area is 78.0 Å². The SMILES string of the molecule is O=CC1(Cc2cccnc2)CCC1. The number of aldehydes is 1. The fraction of sp³-hybridized carbons (Fsp3) is 0.455. The van der Waals surface area contributed by atoms with Gasteiger partial charge in [-0.15, -0.1) is 0 Å². The summed E-state index contributed by atoms with van der Waals surface area (Å²) in [6.07, 6.45) is 8.89. The monoisotopic (exact) mass is 175 g/mol. The molecule has 1 aromatic rings. The van der Waals surface area contributed by atoms with Crippen molar-refractivity contribution in [2.75, 3.05) is 0 Å². The Kier molecular flexibility index (Phi) is 2.13. The highest BCUT2D eigenvalue weighted by atomic mass is 16.1. The Morgan fingerprint density at radius 1 is 1.54 bits per heavy atom. The summed E-state index contributed by atoms with van der Waals surface area (Å²) in [5.74, 6) is 0. The van der Waals surface area contributed by atoms with Gasteiger partial charge in [0.1, 0.15) is 6.29 Å². The molecule has 1 fully saturated rings. The van der Waals surface area contributed by atoms with E-state index in [0.717, 1.165) is 25.5 Å². The lowest BCUT2D eigenvalue weighted by Gasteiger charge is -2.36. The van der Waals surface area contributed by atoms with Crippen molar-refractivity contribution in [3.63, 3.8) is 0 Å². The minimum absolute atomic E-state index is 0.0525. The number of aromatic nitrogens is 1. The van der Waals surface area contributed by atoms with Crippen LogP contribution in [0.3, 0.4) is 0 Å². The maximum absolute atomic E-state index is 10.9. The Balaban J connectivity index is 2.09. The van der Waals surface area contributed by atoms with Crippen molar-refractivity contribution in [2.24, 2.45) is 5.41 Å². The van der Waals surface area contributed by atoms with E-state index in [-0.39, 0.29) is 5.41 Å². The second-order valence-corrected chi connectivity index (χ2v) is 3.87. The fourth-order valence-electron chi connectivity index (χ4n) is 1.88. The normalized spacial score (nSPS) is 19.1. The van der Waals surface area contributed by atoms with Crippen molar-refractivity contribution in [2.45, 2.75) is 25.7 Å². The minimum Gasteiger partial charge on any atom is -0.303 e. The number of nitrogens with zero attached hydrogens (tertiary/aromatic N) is 1. The Morgan fingerprint density at radius 3 is 2.85 bits per heavy atom. The fourth-order valence-corrected chi connectivity index (χ4v) is 1.88. The van der Waals surface area contributed by atoms with E-state index in [9.17, 15) is 4.79 Å². The molecule has 0 N–H and O–H groups in total. The summed E-state index contributed by atoms with van der Waals surface area (Å²) in [4.78, 5) is 14.9. The average Bonchev–Trinajstić information content (AvgIpc) is 2.13. The highest BCUT2D eigenvalue weighted by Gasteiger charge is 2.36. The van der Waals surface area contributed by atoms with Crippen LogP contribution in [0.2, 0.25) is 0 Å². The first-order valence-corrected chi connectivity index (χ1v) is 4.70. The van der Waals surface area contributed by atoms with Crippen molar-refractivity contribution in [1.82, 2.24) is 4.98 Å². The van der Waals surface area contributed by atoms with Gasteiger partial charge < -0.3 is 4.79 Å². The van der Waals surface area contributed by atoms with E-state index in [4.69, 9.17) is 0 Å². The highest BCUT2D eigenvalue weighted by Crippen LogP contribution is 2.41. The lowest BCUT2D eigenvalue weighted by Crippen LogP contribution is -2.33. The molecule has 0 bridgehead atoms. The number of pyridine rings is 1. The topological polar surface area (TPSA) is 30.0 Å². The molecule has 2 nitrogen and oxygen atoms in total. The molecule has 1 aliphatic carbocycles. The smallest absolute Gasteiger partial charge is 0.126 e. The standard InChI is InChI=1S/C11H13NO/c13-9-11(4-2-5-11)7-10-3-1-6-12-8-10/h1,3,6,8-9H,2,4-5,7H2. The number of carbonyl (C=O) groups excluding carboxylic acids is 1. The van der Waals surface area contributed by atoms with E-state index in [1.165, 1.54) is 12.0 Å². The van der Waals surface area contributed by atoms with Gasteiger partial charge in [0.2, 0.25) is 0 Å². The molecular weight excluding hydrogens is 162 g/mol. The molecule has 1 aliphatic rings. The van der Waals surface area contributed by atoms with E-state index >= 15 is 0 Å². The van der Waals surface area contributed by atoms with Crippen LogP contribution in [0.25, 0.3) is 0 Å². The van der Waals surface area contributed by atoms with E-state index in [1.807, 2.05) is 18.3 Å². The van der Waals surface area contributed by atoms with Crippen LogP contribution in [-0.4, -0.2) is 11.3 Å². The van der Waals surface area contributed by atoms with Crippen LogP contribution < -0.4 is 0 Å². The van der Waals surface area contributed by atoms with E-state index in [0.29, 0.717) is 0 Å². The third-order valence-corrected chi connectivity index (χ3v) is 2.88. The first-order valence-electron chi connectivity index (χ1n) is 4.70. The average molecular weight is 175 g/mol. The number of carbonyl (C=O) groups is 1. The molecule has 0 atom stereocenters. The summed E-state index contributed by atoms with van der Waals surface area (Å²) in [5, 5.41) is 0. The first-order chi connectivity index (χ1) is 6.35. The van der Waals surface area contributed by atoms with Gasteiger partial charge in [-0.3, -0.25) is 4.98 Å². The van der Waals surface area contributed by atoms with Gasteiger partial charge >= 0.3 is 0 Å². The molecule has 0 saturated heterocycles. The molecule has 13 heavy (non-hydrogen) atoms. The molecule has 1 saturated carbocycles. The summed E-state index contributed by atoms with van der Waals surface area (Å²) in [7, 11) is 0. The van der Waals surface area contributed by atoms with Crippen LogP contribution in [-0.2, 0) is 11.2 Å². The Morgan fingerprint density at radius 2 is 2.38 bits per heavy atom. The maximum atomic E-state index is 10.9. The molecule has 0 amide bonds. The quantitative estimate of drug-likeness (QED) is 0.657. The van der Waals surface area contributed by atoms with Gasteiger partial charge in [-0.2, -0.15) is 0 Å². The molecule has 0 aliphatic heterocycles. The van der Waals surface area contributed by atoms with Gasteiger partial charge in [0.25, 0.3) is 0 Å². The van der Waals surface area contributed by atoms with E-state index in [2.05, 4.69) is 4.98 Å². The van der Waals surface area contributed by atoms with Crippen LogP contribution in [0.15, 0.2) is 24.5 Å². The lowest BCUT2D eigenvalue weighted by atomic mass is 9.67. The summed E-state index contributed by atoms with van der Waals surface area (Å²) in [6, 6.07) is 3.96. The zero-order valence-electron chi connectivity index (χ0n) is 7.57. The van der Waals surface area contributed by atoms with Crippen LogP contribution >= 0.6 is 0 Å². The van der Waals surface area contributed by atoms with Crippen LogP contribution in [0, 0.1) is 5.41 Å². The van der Waals surface area contributed by atoms with E-state index < -0.39 is 0 Å². The lowest BCUT2D eigenvalue weighted by molar-refractivity contribution is -0.120. The molecule has 0 unspecified atom stereocenters. The number of rotatable bonds is 3. The van der Waals surface area contributed by atoms with Gasteiger partial charge in [0.05, 0.1) is 0 Å². The second kappa shape index (κ2) is 3.29. The number of hydrogen-bond acceptors (Lipinski definition) is 2. The van der Waals surface area contributed by atoms with Gasteiger partial charge in [0, 0.05) is 17.8 Å². The molecular formula is C11H13NO. The van der Waals surface area contributed by atoms with Crippen molar-refractivity contribution >= 4 is 6.29 Å². The highest BCUT2D eigenvalue weighted by molar-refractivity contribution is 5.61. The Hall–Kier alpha value is -1.18. The zero-order valence-corrected chi connectivity index (χ0v) is 7.57. The summed E-state index contributed by atoms with van der Waals surface area (Å²) in [5.41, 5.74) is 1.12. The molecule has 0 aromatic carbocycles. The van der Waals surface area contributed by atoms with Gasteiger partial charge in [0.15, 0.2) is 0 Å². The van der Waals surface area contributed by atoms with Crippen LogP contribution in [0.5, 0.6) is 0 Å². The summed E-state index contributed by atoms with van der Waals surface area (Å²) >= 11 is 0. The molecule has 0 radical (unpaired) electrons. The maximum Gasteiger partial charge on any atom is 0.126 e. The zero-order chi connectivity index (χ0) is 9.15. The first kappa shape index (κ1) is 8.42. The third-order valence-electron chi connectivity index (χ3n) is 2.88. The largest absolute Gasteiger partial charge is 0.303 e. The predicted molar refractivity (Wildman–Crippen MR) is 50.3 cm³/mol. The van der Waals surface area contributed by atoms with Crippen LogP contribution in [0.1, 0.15) is 24.8 Å². The molecule has 1 heterocycles. The van der Waals surface area contributed by atoms with Gasteiger partial charge in [-0.05, 0) is 30.9 Å². The summed E-state index contributed by atoms with van der Waals surface area (Å²) < 4.78 is 0. The number of hydrogen-bond donors (Lipinski definition) is 0. The molecule has 0 spiro atoms. The molecule has 68 valence electrons. The third kappa shape index (κ3) is 1.62. The van der Waals surface area contributed by atoms with E-state index in [1.54, 1.807) is 6.20 Å². The Bertz CT molecular complexity index is 290. The molecule has 2 heteroatoms.